The number of hydrogen-bond acceptors (Lipinski definition) is 3. The van der Waals surface area contributed by atoms with Gasteiger partial charge in [-0.15, -0.1) is 0 Å². The fraction of sp³-hybridized carbons (Fsp3) is 0.167. The molecule has 0 bridgehead atoms. The highest BCUT2D eigenvalue weighted by Crippen LogP contribution is 2.26. The van der Waals surface area contributed by atoms with Gasteiger partial charge in [-0.2, -0.15) is 5.10 Å². The summed E-state index contributed by atoms with van der Waals surface area (Å²) in [6.07, 6.45) is 3.00. The van der Waals surface area contributed by atoms with Crippen LogP contribution in [0.3, 0.4) is 0 Å². The molecular formula is C18H19N3S. The molecule has 0 aliphatic carbocycles. The minimum absolute atomic E-state index is 0.983. The third-order valence-corrected chi connectivity index (χ3v) is 4.30. The molecule has 1 heterocycles. The number of nitrogens with two attached hydrogens (primary N) is 1. The van der Waals surface area contributed by atoms with Crippen molar-refractivity contribution < 1.29 is 0 Å². The van der Waals surface area contributed by atoms with Gasteiger partial charge in [-0.05, 0) is 66.2 Å². The van der Waals surface area contributed by atoms with E-state index in [1.807, 2.05) is 36.0 Å². The molecule has 0 amide bonds. The van der Waals surface area contributed by atoms with Crippen LogP contribution in [0.5, 0.6) is 0 Å². The van der Waals surface area contributed by atoms with Crippen LogP contribution in [-0.2, 0) is 6.42 Å². The van der Waals surface area contributed by atoms with Crippen LogP contribution >= 0.6 is 11.9 Å². The zero-order chi connectivity index (χ0) is 15.5. The summed E-state index contributed by atoms with van der Waals surface area (Å²) >= 11 is 1.27. The summed E-state index contributed by atoms with van der Waals surface area (Å²) in [5, 5.41) is 10.1. The summed E-state index contributed by atoms with van der Waals surface area (Å²) in [6, 6.07) is 16.9. The lowest BCUT2D eigenvalue weighted by Gasteiger charge is -2.11. The quantitative estimate of drug-likeness (QED) is 0.728. The van der Waals surface area contributed by atoms with Crippen molar-refractivity contribution >= 4 is 11.9 Å². The van der Waals surface area contributed by atoms with Crippen LogP contribution in [0.15, 0.2) is 59.6 Å². The second kappa shape index (κ2) is 6.38. The molecule has 3 nitrogen and oxygen atoms in total. The summed E-state index contributed by atoms with van der Waals surface area (Å²) in [5.74, 6) is 0. The molecular weight excluding hydrogens is 290 g/mol. The fourth-order valence-electron chi connectivity index (χ4n) is 2.53. The van der Waals surface area contributed by atoms with Gasteiger partial charge in [0.15, 0.2) is 0 Å². The molecule has 112 valence electrons. The number of nitrogens with zero attached hydrogens (tertiary/aromatic N) is 2. The summed E-state index contributed by atoms with van der Waals surface area (Å²) in [6.45, 7) is 4.18. The monoisotopic (exact) mass is 309 g/mol. The van der Waals surface area contributed by atoms with Crippen LogP contribution in [0.2, 0.25) is 0 Å². The Labute approximate surface area is 135 Å². The van der Waals surface area contributed by atoms with Crippen LogP contribution in [0.1, 0.15) is 18.2 Å². The molecule has 1 aromatic heterocycles. The minimum Gasteiger partial charge on any atom is -0.274 e. The molecule has 0 atom stereocenters. The van der Waals surface area contributed by atoms with Crippen LogP contribution in [0.25, 0.3) is 16.8 Å². The standard InChI is InChI=1S/C18H19N3S/c1-3-14-4-5-16(15-6-8-17(22-19)9-7-15)12-18(14)21-11-10-13(2)20-21/h4-12H,3,19H2,1-2H3. The smallest absolute Gasteiger partial charge is 0.0683 e. The Morgan fingerprint density at radius 1 is 1.05 bits per heavy atom. The minimum atomic E-state index is 0.983. The summed E-state index contributed by atoms with van der Waals surface area (Å²) in [4.78, 5) is 1.07. The normalized spacial score (nSPS) is 10.9. The average Bonchev–Trinajstić information content (AvgIpc) is 3.00. The maximum absolute atomic E-state index is 5.58. The Kier molecular flexibility index (Phi) is 4.32. The topological polar surface area (TPSA) is 43.8 Å². The van der Waals surface area contributed by atoms with Crippen molar-refractivity contribution in [3.05, 3.63) is 66.0 Å². The van der Waals surface area contributed by atoms with E-state index in [0.717, 1.165) is 22.7 Å². The van der Waals surface area contributed by atoms with E-state index >= 15 is 0 Å². The van der Waals surface area contributed by atoms with Crippen molar-refractivity contribution in [2.75, 3.05) is 0 Å². The van der Waals surface area contributed by atoms with E-state index in [9.17, 15) is 0 Å². The van der Waals surface area contributed by atoms with E-state index < -0.39 is 0 Å². The molecule has 2 N–H and O–H groups in total. The SMILES string of the molecule is CCc1ccc(-c2ccc(SN)cc2)cc1-n1ccc(C)n1. The third-order valence-electron chi connectivity index (χ3n) is 3.76. The summed E-state index contributed by atoms with van der Waals surface area (Å²) in [5.41, 5.74) is 5.84. The van der Waals surface area contributed by atoms with Gasteiger partial charge in [0.2, 0.25) is 0 Å². The maximum Gasteiger partial charge on any atom is 0.0683 e. The molecule has 4 heteroatoms. The van der Waals surface area contributed by atoms with Crippen molar-refractivity contribution in [3.8, 4) is 16.8 Å². The molecule has 0 fully saturated rings. The predicted octanol–water partition coefficient (Wildman–Crippen LogP) is 4.38. The van der Waals surface area contributed by atoms with E-state index in [0.29, 0.717) is 0 Å². The number of benzene rings is 2. The fourth-order valence-corrected chi connectivity index (χ4v) is 2.82. The number of aryl methyl sites for hydroxylation is 2. The first-order chi connectivity index (χ1) is 10.7. The van der Waals surface area contributed by atoms with Crippen molar-refractivity contribution in [1.82, 2.24) is 9.78 Å². The Hall–Kier alpha value is -2.04. The molecule has 0 aliphatic heterocycles. The summed E-state index contributed by atoms with van der Waals surface area (Å²) < 4.78 is 1.96. The second-order valence-electron chi connectivity index (χ2n) is 5.24. The molecule has 0 saturated carbocycles. The highest BCUT2D eigenvalue weighted by Gasteiger charge is 2.07. The first kappa shape index (κ1) is 14.9. The molecule has 3 aromatic rings. The lowest BCUT2D eigenvalue weighted by atomic mass is 10.0. The molecule has 0 radical (unpaired) electrons. The van der Waals surface area contributed by atoms with E-state index in [2.05, 4.69) is 42.4 Å². The van der Waals surface area contributed by atoms with Gasteiger partial charge in [-0.1, -0.05) is 31.2 Å². The number of rotatable bonds is 4. The lowest BCUT2D eigenvalue weighted by molar-refractivity contribution is 0.847. The zero-order valence-corrected chi connectivity index (χ0v) is 13.6. The number of hydrogen-bond donors (Lipinski definition) is 1. The van der Waals surface area contributed by atoms with Crippen LogP contribution < -0.4 is 5.14 Å². The maximum atomic E-state index is 5.58. The first-order valence-electron chi connectivity index (χ1n) is 7.34. The highest BCUT2D eigenvalue weighted by molar-refractivity contribution is 7.97. The van der Waals surface area contributed by atoms with Crippen molar-refractivity contribution in [2.24, 2.45) is 5.14 Å². The lowest BCUT2D eigenvalue weighted by Crippen LogP contribution is -2.00. The second-order valence-corrected chi connectivity index (χ2v) is 5.95. The molecule has 0 saturated heterocycles. The van der Waals surface area contributed by atoms with Crippen LogP contribution in [0, 0.1) is 6.92 Å². The van der Waals surface area contributed by atoms with Gasteiger partial charge in [0, 0.05) is 11.1 Å². The molecule has 2 aromatic carbocycles. The Balaban J connectivity index is 2.06. The van der Waals surface area contributed by atoms with Crippen molar-refractivity contribution in [3.63, 3.8) is 0 Å². The van der Waals surface area contributed by atoms with E-state index in [4.69, 9.17) is 5.14 Å². The van der Waals surface area contributed by atoms with Crippen molar-refractivity contribution in [1.29, 1.82) is 0 Å². The van der Waals surface area contributed by atoms with Crippen LogP contribution in [0.4, 0.5) is 0 Å². The molecule has 0 aliphatic rings. The van der Waals surface area contributed by atoms with Gasteiger partial charge >= 0.3 is 0 Å². The van der Waals surface area contributed by atoms with Crippen molar-refractivity contribution in [2.45, 2.75) is 25.2 Å². The highest BCUT2D eigenvalue weighted by atomic mass is 32.2. The molecule has 3 rings (SSSR count). The van der Waals surface area contributed by atoms with E-state index in [-0.39, 0.29) is 0 Å². The van der Waals surface area contributed by atoms with Gasteiger partial charge in [0.25, 0.3) is 0 Å². The van der Waals surface area contributed by atoms with E-state index in [1.165, 1.54) is 28.6 Å². The van der Waals surface area contributed by atoms with Gasteiger partial charge in [0.05, 0.1) is 11.4 Å². The van der Waals surface area contributed by atoms with Crippen LogP contribution in [-0.4, -0.2) is 9.78 Å². The zero-order valence-electron chi connectivity index (χ0n) is 12.8. The Morgan fingerprint density at radius 2 is 1.77 bits per heavy atom. The van der Waals surface area contributed by atoms with E-state index in [1.54, 1.807) is 0 Å². The van der Waals surface area contributed by atoms with Gasteiger partial charge in [0.1, 0.15) is 0 Å². The number of aromatic nitrogens is 2. The average molecular weight is 309 g/mol. The Bertz CT molecular complexity index is 775. The predicted molar refractivity (Wildman–Crippen MR) is 93.2 cm³/mol. The van der Waals surface area contributed by atoms with Gasteiger partial charge in [-0.25, -0.2) is 4.68 Å². The third kappa shape index (κ3) is 2.93. The largest absolute Gasteiger partial charge is 0.274 e. The van der Waals surface area contributed by atoms with Gasteiger partial charge in [-0.3, -0.25) is 5.14 Å². The first-order valence-corrected chi connectivity index (χ1v) is 8.22. The summed E-state index contributed by atoms with van der Waals surface area (Å²) in [7, 11) is 0. The van der Waals surface area contributed by atoms with Gasteiger partial charge < -0.3 is 0 Å². The molecule has 0 spiro atoms. The molecule has 0 unspecified atom stereocenters. The Morgan fingerprint density at radius 3 is 2.36 bits per heavy atom. The molecule has 22 heavy (non-hydrogen) atoms.